The van der Waals surface area contributed by atoms with Gasteiger partial charge in [0.15, 0.2) is 0 Å². The highest BCUT2D eigenvalue weighted by Gasteiger charge is 2.38. The summed E-state index contributed by atoms with van der Waals surface area (Å²) >= 11 is 0. The molecule has 5 nitrogen and oxygen atoms in total. The summed E-state index contributed by atoms with van der Waals surface area (Å²) in [5.74, 6) is 1.52. The SMILES string of the molecule is CCCC(OCC)c1noc(C2(CC)CCNCC2)n1. The molecule has 0 radical (unpaired) electrons. The molecule has 1 aliphatic heterocycles. The smallest absolute Gasteiger partial charge is 0.233 e. The van der Waals surface area contributed by atoms with Crippen LogP contribution in [0.15, 0.2) is 4.52 Å². The number of hydrogen-bond acceptors (Lipinski definition) is 5. The molecule has 0 aromatic carbocycles. The van der Waals surface area contributed by atoms with Gasteiger partial charge in [0, 0.05) is 6.61 Å². The quantitative estimate of drug-likeness (QED) is 0.832. The first-order chi connectivity index (χ1) is 9.75. The zero-order valence-corrected chi connectivity index (χ0v) is 12.9. The minimum Gasteiger partial charge on any atom is -0.370 e. The van der Waals surface area contributed by atoms with Crippen molar-refractivity contribution in [3.05, 3.63) is 11.7 Å². The van der Waals surface area contributed by atoms with E-state index in [0.29, 0.717) is 6.61 Å². The van der Waals surface area contributed by atoms with Crippen molar-refractivity contribution in [2.45, 2.75) is 64.4 Å². The van der Waals surface area contributed by atoms with Gasteiger partial charge < -0.3 is 14.6 Å². The lowest BCUT2D eigenvalue weighted by Crippen LogP contribution is -2.39. The Kier molecular flexibility index (Phi) is 5.54. The first-order valence-electron chi connectivity index (χ1n) is 7.92. The predicted molar refractivity (Wildman–Crippen MR) is 77.6 cm³/mol. The Morgan fingerprint density at radius 2 is 2.05 bits per heavy atom. The maximum absolute atomic E-state index is 5.74. The molecule has 2 heterocycles. The number of rotatable bonds is 7. The number of hydrogen-bond donors (Lipinski definition) is 1. The van der Waals surface area contributed by atoms with Crippen LogP contribution < -0.4 is 5.32 Å². The molecule has 1 aromatic heterocycles. The van der Waals surface area contributed by atoms with E-state index < -0.39 is 0 Å². The van der Waals surface area contributed by atoms with Gasteiger partial charge in [0.05, 0.1) is 5.41 Å². The Labute approximate surface area is 121 Å². The Bertz CT molecular complexity index is 394. The average molecular weight is 281 g/mol. The van der Waals surface area contributed by atoms with Crippen LogP contribution in [0.2, 0.25) is 0 Å². The molecular weight excluding hydrogens is 254 g/mol. The molecule has 1 unspecified atom stereocenters. The van der Waals surface area contributed by atoms with Crippen LogP contribution in [0.5, 0.6) is 0 Å². The highest BCUT2D eigenvalue weighted by molar-refractivity contribution is 5.08. The molecule has 1 saturated heterocycles. The minimum atomic E-state index is -0.0295. The first kappa shape index (κ1) is 15.4. The standard InChI is InChI=1S/C15H27N3O2/c1-4-7-12(19-6-3)13-17-14(20-18-13)15(5-2)8-10-16-11-9-15/h12,16H,4-11H2,1-3H3. The first-order valence-corrected chi connectivity index (χ1v) is 7.92. The van der Waals surface area contributed by atoms with Crippen molar-refractivity contribution in [3.8, 4) is 0 Å². The van der Waals surface area contributed by atoms with Crippen molar-refractivity contribution in [1.29, 1.82) is 0 Å². The van der Waals surface area contributed by atoms with Crippen LogP contribution in [-0.4, -0.2) is 29.8 Å². The number of piperidine rings is 1. The summed E-state index contributed by atoms with van der Waals surface area (Å²) < 4.78 is 11.3. The zero-order chi connectivity index (χ0) is 14.4. The molecule has 1 aromatic rings. The van der Waals surface area contributed by atoms with Gasteiger partial charge in [0.2, 0.25) is 11.7 Å². The van der Waals surface area contributed by atoms with Gasteiger partial charge in [0.1, 0.15) is 6.10 Å². The van der Waals surface area contributed by atoms with Crippen molar-refractivity contribution >= 4 is 0 Å². The van der Waals surface area contributed by atoms with Crippen molar-refractivity contribution < 1.29 is 9.26 Å². The number of ether oxygens (including phenoxy) is 1. The van der Waals surface area contributed by atoms with E-state index in [9.17, 15) is 0 Å². The lowest BCUT2D eigenvalue weighted by atomic mass is 9.76. The Hall–Kier alpha value is -0.940. The fourth-order valence-electron chi connectivity index (χ4n) is 2.96. The van der Waals surface area contributed by atoms with E-state index in [2.05, 4.69) is 29.3 Å². The van der Waals surface area contributed by atoms with Gasteiger partial charge in [-0.1, -0.05) is 25.4 Å². The largest absolute Gasteiger partial charge is 0.370 e. The van der Waals surface area contributed by atoms with Crippen LogP contribution in [0.25, 0.3) is 0 Å². The van der Waals surface area contributed by atoms with E-state index in [0.717, 1.165) is 56.9 Å². The second kappa shape index (κ2) is 7.18. The van der Waals surface area contributed by atoms with E-state index in [1.807, 2.05) is 6.92 Å². The van der Waals surface area contributed by atoms with Gasteiger partial charge in [-0.05, 0) is 45.7 Å². The van der Waals surface area contributed by atoms with E-state index in [4.69, 9.17) is 9.26 Å². The fraction of sp³-hybridized carbons (Fsp3) is 0.867. The van der Waals surface area contributed by atoms with E-state index in [-0.39, 0.29) is 11.5 Å². The normalized spacial score (nSPS) is 19.9. The second-order valence-electron chi connectivity index (χ2n) is 5.57. The maximum atomic E-state index is 5.74. The Morgan fingerprint density at radius 1 is 1.30 bits per heavy atom. The third kappa shape index (κ3) is 3.20. The molecule has 1 atom stereocenters. The van der Waals surface area contributed by atoms with Gasteiger partial charge in [-0.15, -0.1) is 0 Å². The van der Waals surface area contributed by atoms with Gasteiger partial charge in [-0.2, -0.15) is 4.98 Å². The maximum Gasteiger partial charge on any atom is 0.233 e. The summed E-state index contributed by atoms with van der Waals surface area (Å²) in [6.07, 6.45) is 5.14. The highest BCUT2D eigenvalue weighted by Crippen LogP contribution is 2.36. The van der Waals surface area contributed by atoms with E-state index in [1.165, 1.54) is 0 Å². The average Bonchev–Trinajstić information content (AvgIpc) is 2.98. The Balaban J connectivity index is 2.17. The van der Waals surface area contributed by atoms with Gasteiger partial charge in [0.25, 0.3) is 0 Å². The lowest BCUT2D eigenvalue weighted by molar-refractivity contribution is 0.0477. The number of aromatic nitrogens is 2. The monoisotopic (exact) mass is 281 g/mol. The van der Waals surface area contributed by atoms with Crippen molar-refractivity contribution in [1.82, 2.24) is 15.5 Å². The topological polar surface area (TPSA) is 60.2 Å². The van der Waals surface area contributed by atoms with Gasteiger partial charge in [-0.25, -0.2) is 0 Å². The molecule has 0 saturated carbocycles. The predicted octanol–water partition coefficient (Wildman–Crippen LogP) is 2.98. The van der Waals surface area contributed by atoms with Crippen LogP contribution in [0, 0.1) is 0 Å². The lowest BCUT2D eigenvalue weighted by Gasteiger charge is -2.33. The molecule has 114 valence electrons. The summed E-state index contributed by atoms with van der Waals surface area (Å²) in [7, 11) is 0. The van der Waals surface area contributed by atoms with Crippen molar-refractivity contribution in [2.75, 3.05) is 19.7 Å². The molecule has 1 aliphatic rings. The second-order valence-corrected chi connectivity index (χ2v) is 5.57. The van der Waals surface area contributed by atoms with Crippen molar-refractivity contribution in [3.63, 3.8) is 0 Å². The van der Waals surface area contributed by atoms with Crippen LogP contribution in [-0.2, 0) is 10.2 Å². The molecule has 0 bridgehead atoms. The van der Waals surface area contributed by atoms with E-state index >= 15 is 0 Å². The summed E-state index contributed by atoms with van der Waals surface area (Å²) in [5.41, 5.74) is 0.0550. The molecule has 1 fully saturated rings. The molecule has 5 heteroatoms. The summed E-state index contributed by atoms with van der Waals surface area (Å²) in [6, 6.07) is 0. The van der Waals surface area contributed by atoms with Gasteiger partial charge in [-0.3, -0.25) is 0 Å². The third-order valence-corrected chi connectivity index (χ3v) is 4.34. The molecule has 0 spiro atoms. The molecule has 20 heavy (non-hydrogen) atoms. The molecule has 1 N–H and O–H groups in total. The zero-order valence-electron chi connectivity index (χ0n) is 12.9. The van der Waals surface area contributed by atoms with Crippen LogP contribution in [0.3, 0.4) is 0 Å². The van der Waals surface area contributed by atoms with Crippen LogP contribution >= 0.6 is 0 Å². The molecular formula is C15H27N3O2. The number of nitrogens with zero attached hydrogens (tertiary/aromatic N) is 2. The highest BCUT2D eigenvalue weighted by atomic mass is 16.5. The Morgan fingerprint density at radius 3 is 2.65 bits per heavy atom. The summed E-state index contributed by atoms with van der Waals surface area (Å²) in [4.78, 5) is 4.68. The number of nitrogens with one attached hydrogen (secondary N) is 1. The summed E-state index contributed by atoms with van der Waals surface area (Å²) in [6.45, 7) is 9.08. The van der Waals surface area contributed by atoms with Crippen LogP contribution in [0.1, 0.15) is 70.7 Å². The third-order valence-electron chi connectivity index (χ3n) is 4.34. The summed E-state index contributed by atoms with van der Waals surface area (Å²) in [5, 5.41) is 7.59. The molecule has 0 amide bonds. The molecule has 2 rings (SSSR count). The van der Waals surface area contributed by atoms with Crippen LogP contribution in [0.4, 0.5) is 0 Å². The van der Waals surface area contributed by atoms with Crippen molar-refractivity contribution in [2.24, 2.45) is 0 Å². The minimum absolute atomic E-state index is 0.0295. The molecule has 0 aliphatic carbocycles. The van der Waals surface area contributed by atoms with E-state index in [1.54, 1.807) is 0 Å². The van der Waals surface area contributed by atoms with Gasteiger partial charge >= 0.3 is 0 Å². The fourth-order valence-corrected chi connectivity index (χ4v) is 2.96.